The van der Waals surface area contributed by atoms with E-state index in [1.54, 1.807) is 12.1 Å². The SMILES string of the molecule is CCCCCCCCCCCCCCCCCCCCCC(=O)NC(=O)Nc1ccc(O)cc1. The van der Waals surface area contributed by atoms with Gasteiger partial charge in [-0.05, 0) is 30.7 Å². The molecule has 34 heavy (non-hydrogen) atoms. The zero-order chi connectivity index (χ0) is 24.7. The van der Waals surface area contributed by atoms with E-state index in [-0.39, 0.29) is 11.7 Å². The van der Waals surface area contributed by atoms with Crippen LogP contribution in [0, 0.1) is 0 Å². The van der Waals surface area contributed by atoms with Crippen LogP contribution in [-0.2, 0) is 4.79 Å². The quantitative estimate of drug-likeness (QED) is 0.123. The molecule has 0 saturated heterocycles. The fourth-order valence-corrected chi connectivity index (χ4v) is 4.26. The number of carbonyl (C=O) groups is 2. The van der Waals surface area contributed by atoms with Crippen LogP contribution >= 0.6 is 0 Å². The Morgan fingerprint density at radius 2 is 1.00 bits per heavy atom. The van der Waals surface area contributed by atoms with Gasteiger partial charge in [0.05, 0.1) is 0 Å². The zero-order valence-corrected chi connectivity index (χ0v) is 21.7. The molecule has 0 aliphatic heterocycles. The molecular weight excluding hydrogens is 424 g/mol. The average molecular weight is 475 g/mol. The van der Waals surface area contributed by atoms with Crippen molar-refractivity contribution in [3.05, 3.63) is 24.3 Å². The van der Waals surface area contributed by atoms with Gasteiger partial charge < -0.3 is 10.4 Å². The van der Waals surface area contributed by atoms with Crippen LogP contribution in [-0.4, -0.2) is 17.0 Å². The van der Waals surface area contributed by atoms with Crippen molar-refractivity contribution in [1.29, 1.82) is 0 Å². The first-order valence-electron chi connectivity index (χ1n) is 14.0. The van der Waals surface area contributed by atoms with E-state index < -0.39 is 6.03 Å². The molecule has 194 valence electrons. The number of benzene rings is 1. The number of nitrogens with one attached hydrogen (secondary N) is 2. The summed E-state index contributed by atoms with van der Waals surface area (Å²) >= 11 is 0. The fraction of sp³-hybridized carbons (Fsp3) is 0.724. The Kier molecular flexibility index (Phi) is 19.0. The van der Waals surface area contributed by atoms with Crippen LogP contribution in [0.25, 0.3) is 0 Å². The van der Waals surface area contributed by atoms with Gasteiger partial charge in [0.1, 0.15) is 5.75 Å². The normalized spacial score (nSPS) is 10.9. The second-order valence-corrected chi connectivity index (χ2v) is 9.66. The predicted molar refractivity (Wildman–Crippen MR) is 143 cm³/mol. The summed E-state index contributed by atoms with van der Waals surface area (Å²) in [4.78, 5) is 23.7. The summed E-state index contributed by atoms with van der Waals surface area (Å²) in [6, 6.07) is 5.59. The van der Waals surface area contributed by atoms with Crippen molar-refractivity contribution in [3.63, 3.8) is 0 Å². The molecule has 0 unspecified atom stereocenters. The van der Waals surface area contributed by atoms with E-state index in [0.717, 1.165) is 19.3 Å². The highest BCUT2D eigenvalue weighted by molar-refractivity contribution is 6.01. The summed E-state index contributed by atoms with van der Waals surface area (Å²) in [5.74, 6) is -0.116. The molecule has 0 aliphatic rings. The minimum Gasteiger partial charge on any atom is -0.508 e. The Labute approximate surface area is 208 Å². The standard InChI is InChI=1S/C29H50N2O3/c1-2-3-4-5-6-7-8-9-10-11-12-13-14-15-16-17-18-19-20-21-28(33)31-29(34)30-26-22-24-27(32)25-23-26/h22-25,32H,2-21H2,1H3,(H2,30,31,33,34). The number of carbonyl (C=O) groups excluding carboxylic acids is 2. The molecule has 3 amide bonds. The number of phenolic OH excluding ortho intramolecular Hbond substituents is 1. The molecule has 1 aromatic carbocycles. The molecule has 0 bridgehead atoms. The Morgan fingerprint density at radius 3 is 1.41 bits per heavy atom. The average Bonchev–Trinajstić information content (AvgIpc) is 2.82. The zero-order valence-electron chi connectivity index (χ0n) is 21.7. The van der Waals surface area contributed by atoms with Gasteiger partial charge in [0.25, 0.3) is 0 Å². The highest BCUT2D eigenvalue weighted by Crippen LogP contribution is 2.15. The largest absolute Gasteiger partial charge is 0.508 e. The van der Waals surface area contributed by atoms with Crippen molar-refractivity contribution in [2.45, 2.75) is 135 Å². The Morgan fingerprint density at radius 1 is 0.618 bits per heavy atom. The second-order valence-electron chi connectivity index (χ2n) is 9.66. The topological polar surface area (TPSA) is 78.4 Å². The number of amides is 3. The molecule has 0 aliphatic carbocycles. The highest BCUT2D eigenvalue weighted by Gasteiger charge is 2.07. The summed E-state index contributed by atoms with van der Waals surface area (Å²) in [6.07, 6.45) is 25.5. The van der Waals surface area contributed by atoms with Crippen LogP contribution in [0.2, 0.25) is 0 Å². The molecule has 0 heterocycles. The van der Waals surface area contributed by atoms with Gasteiger partial charge in [0.2, 0.25) is 5.91 Å². The maximum atomic E-state index is 11.9. The van der Waals surface area contributed by atoms with Crippen molar-refractivity contribution >= 4 is 17.6 Å². The molecule has 0 spiro atoms. The lowest BCUT2D eigenvalue weighted by atomic mass is 10.0. The van der Waals surface area contributed by atoms with Crippen LogP contribution in [0.15, 0.2) is 24.3 Å². The number of imide groups is 1. The molecular formula is C29H50N2O3. The molecule has 1 rings (SSSR count). The first kappa shape index (κ1) is 30.0. The Balaban J connectivity index is 1.80. The van der Waals surface area contributed by atoms with Gasteiger partial charge in [-0.1, -0.05) is 122 Å². The van der Waals surface area contributed by atoms with Gasteiger partial charge in [-0.15, -0.1) is 0 Å². The number of rotatable bonds is 21. The molecule has 5 heteroatoms. The minimum atomic E-state index is -0.534. The number of aromatic hydroxyl groups is 1. The Bertz CT molecular complexity index is 631. The van der Waals surface area contributed by atoms with Crippen molar-refractivity contribution in [2.24, 2.45) is 0 Å². The van der Waals surface area contributed by atoms with Crippen LogP contribution in [0.3, 0.4) is 0 Å². The number of unbranched alkanes of at least 4 members (excludes halogenated alkanes) is 18. The Hall–Kier alpha value is -2.04. The summed E-state index contributed by atoms with van der Waals surface area (Å²) < 4.78 is 0. The van der Waals surface area contributed by atoms with Gasteiger partial charge in [-0.2, -0.15) is 0 Å². The molecule has 0 aromatic heterocycles. The van der Waals surface area contributed by atoms with Gasteiger partial charge in [0, 0.05) is 12.1 Å². The van der Waals surface area contributed by atoms with E-state index in [9.17, 15) is 14.7 Å². The summed E-state index contributed by atoms with van der Waals surface area (Å²) in [7, 11) is 0. The van der Waals surface area contributed by atoms with Crippen molar-refractivity contribution in [2.75, 3.05) is 5.32 Å². The minimum absolute atomic E-state index is 0.131. The van der Waals surface area contributed by atoms with E-state index in [0.29, 0.717) is 12.1 Å². The van der Waals surface area contributed by atoms with Gasteiger partial charge in [0.15, 0.2) is 0 Å². The van der Waals surface area contributed by atoms with Crippen molar-refractivity contribution in [3.8, 4) is 5.75 Å². The maximum Gasteiger partial charge on any atom is 0.325 e. The third-order valence-corrected chi connectivity index (χ3v) is 6.39. The number of anilines is 1. The lowest BCUT2D eigenvalue weighted by molar-refractivity contribution is -0.120. The maximum absolute atomic E-state index is 11.9. The first-order valence-corrected chi connectivity index (χ1v) is 14.0. The van der Waals surface area contributed by atoms with E-state index >= 15 is 0 Å². The number of hydrogen-bond donors (Lipinski definition) is 3. The van der Waals surface area contributed by atoms with E-state index in [1.165, 1.54) is 115 Å². The lowest BCUT2D eigenvalue weighted by Crippen LogP contribution is -2.34. The van der Waals surface area contributed by atoms with Crippen molar-refractivity contribution < 1.29 is 14.7 Å². The van der Waals surface area contributed by atoms with Gasteiger partial charge >= 0.3 is 6.03 Å². The second kappa shape index (κ2) is 21.5. The molecule has 0 atom stereocenters. The van der Waals surface area contributed by atoms with E-state index in [1.807, 2.05) is 0 Å². The van der Waals surface area contributed by atoms with Crippen molar-refractivity contribution in [1.82, 2.24) is 5.32 Å². The number of phenols is 1. The molecule has 0 fully saturated rings. The molecule has 0 radical (unpaired) electrons. The van der Waals surface area contributed by atoms with Crippen LogP contribution in [0.1, 0.15) is 135 Å². The summed E-state index contributed by atoms with van der Waals surface area (Å²) in [5, 5.41) is 14.2. The smallest absolute Gasteiger partial charge is 0.325 e. The fourth-order valence-electron chi connectivity index (χ4n) is 4.26. The molecule has 5 nitrogen and oxygen atoms in total. The number of hydrogen-bond acceptors (Lipinski definition) is 3. The lowest BCUT2D eigenvalue weighted by Gasteiger charge is -2.07. The highest BCUT2D eigenvalue weighted by atomic mass is 16.3. The van der Waals surface area contributed by atoms with Gasteiger partial charge in [-0.25, -0.2) is 4.79 Å². The number of urea groups is 1. The summed E-state index contributed by atoms with van der Waals surface area (Å²) in [6.45, 7) is 2.28. The monoisotopic (exact) mass is 474 g/mol. The third-order valence-electron chi connectivity index (χ3n) is 6.39. The molecule has 0 saturated carbocycles. The van der Waals surface area contributed by atoms with E-state index in [4.69, 9.17) is 0 Å². The van der Waals surface area contributed by atoms with Crippen LogP contribution in [0.5, 0.6) is 5.75 Å². The van der Waals surface area contributed by atoms with E-state index in [2.05, 4.69) is 17.6 Å². The van der Waals surface area contributed by atoms with Crippen LogP contribution < -0.4 is 10.6 Å². The van der Waals surface area contributed by atoms with Crippen LogP contribution in [0.4, 0.5) is 10.5 Å². The van der Waals surface area contributed by atoms with Gasteiger partial charge in [-0.3, -0.25) is 10.1 Å². The third kappa shape index (κ3) is 18.4. The summed E-state index contributed by atoms with van der Waals surface area (Å²) in [5.41, 5.74) is 0.534. The predicted octanol–water partition coefficient (Wildman–Crippen LogP) is 8.86. The molecule has 1 aromatic rings. The first-order chi connectivity index (χ1) is 16.6. The molecule has 3 N–H and O–H groups in total.